The minimum absolute atomic E-state index is 0.193. The summed E-state index contributed by atoms with van der Waals surface area (Å²) in [5.74, 6) is 1.50. The van der Waals surface area contributed by atoms with Gasteiger partial charge < -0.3 is 18.9 Å². The zero-order valence-electron chi connectivity index (χ0n) is 15.9. The third kappa shape index (κ3) is 4.27. The number of furan rings is 1. The minimum Gasteiger partial charge on any atom is -0.486 e. The van der Waals surface area contributed by atoms with E-state index in [2.05, 4.69) is 10.3 Å². The van der Waals surface area contributed by atoms with Crippen LogP contribution in [0.1, 0.15) is 40.7 Å². The van der Waals surface area contributed by atoms with Gasteiger partial charge in [-0.1, -0.05) is 23.7 Å². The molecule has 4 rings (SSSR count). The average molecular weight is 411 g/mol. The molecule has 6 nitrogen and oxygen atoms in total. The van der Waals surface area contributed by atoms with E-state index in [0.29, 0.717) is 28.0 Å². The molecule has 0 fully saturated rings. The Labute approximate surface area is 172 Å². The quantitative estimate of drug-likeness (QED) is 0.457. The first-order valence-electron chi connectivity index (χ1n) is 9.13. The van der Waals surface area contributed by atoms with E-state index in [1.165, 1.54) is 0 Å². The zero-order chi connectivity index (χ0) is 20.4. The number of fused-ring (bicyclic) bond motifs is 1. The van der Waals surface area contributed by atoms with Gasteiger partial charge in [-0.3, -0.25) is 4.79 Å². The minimum atomic E-state index is -0.406. The average Bonchev–Trinajstić information content (AvgIpc) is 3.36. The van der Waals surface area contributed by atoms with Crippen LogP contribution in [0.3, 0.4) is 0 Å². The van der Waals surface area contributed by atoms with Crippen molar-refractivity contribution in [2.45, 2.75) is 26.5 Å². The van der Waals surface area contributed by atoms with Gasteiger partial charge in [0.25, 0.3) is 5.91 Å². The monoisotopic (exact) mass is 410 g/mol. The second-order valence-electron chi connectivity index (χ2n) is 6.68. The third-order valence-electron chi connectivity index (χ3n) is 4.42. The van der Waals surface area contributed by atoms with Gasteiger partial charge in [0.15, 0.2) is 11.3 Å². The van der Waals surface area contributed by atoms with Crippen LogP contribution in [0.15, 0.2) is 63.4 Å². The van der Waals surface area contributed by atoms with Crippen molar-refractivity contribution < 1.29 is 18.4 Å². The number of hydrogen-bond donors (Lipinski definition) is 1. The van der Waals surface area contributed by atoms with Crippen molar-refractivity contribution in [2.75, 3.05) is 0 Å². The maximum Gasteiger partial charge on any atom is 0.287 e. The summed E-state index contributed by atoms with van der Waals surface area (Å²) in [6, 6.07) is 15.8. The lowest BCUT2D eigenvalue weighted by molar-refractivity contribution is 0.0902. The second-order valence-corrected chi connectivity index (χ2v) is 7.09. The van der Waals surface area contributed by atoms with Crippen LogP contribution in [0.5, 0.6) is 5.75 Å². The molecule has 4 aromatic rings. The molecule has 2 heterocycles. The number of para-hydroxylation sites is 2. The van der Waals surface area contributed by atoms with Crippen LogP contribution in [0.4, 0.5) is 0 Å². The highest BCUT2D eigenvalue weighted by molar-refractivity contribution is 6.31. The third-order valence-corrected chi connectivity index (χ3v) is 4.85. The summed E-state index contributed by atoms with van der Waals surface area (Å²) in [4.78, 5) is 16.9. The summed E-state index contributed by atoms with van der Waals surface area (Å²) < 4.78 is 17.0. The standard InChI is InChI=1S/C22H19ClN2O4/c1-13-11-15(7-9-17(13)23)27-12-16-8-10-20(28-16)21(26)24-14(2)22-25-18-5-3-4-6-19(18)29-22/h3-11,14H,12H2,1-2H3,(H,24,26). The van der Waals surface area contributed by atoms with E-state index in [1.807, 2.05) is 37.3 Å². The summed E-state index contributed by atoms with van der Waals surface area (Å²) in [5.41, 5.74) is 2.36. The first-order chi connectivity index (χ1) is 14.0. The molecular formula is C22H19ClN2O4. The summed E-state index contributed by atoms with van der Waals surface area (Å²) in [6.07, 6.45) is 0. The number of nitrogens with zero attached hydrogens (tertiary/aromatic N) is 1. The molecule has 2 aromatic heterocycles. The Balaban J connectivity index is 1.38. The van der Waals surface area contributed by atoms with Gasteiger partial charge in [-0.05, 0) is 61.9 Å². The zero-order valence-corrected chi connectivity index (χ0v) is 16.7. The van der Waals surface area contributed by atoms with Crippen molar-refractivity contribution in [1.82, 2.24) is 10.3 Å². The van der Waals surface area contributed by atoms with Gasteiger partial charge in [-0.2, -0.15) is 0 Å². The van der Waals surface area contributed by atoms with Crippen LogP contribution in [0, 0.1) is 6.92 Å². The Morgan fingerprint density at radius 1 is 1.17 bits per heavy atom. The topological polar surface area (TPSA) is 77.5 Å². The summed E-state index contributed by atoms with van der Waals surface area (Å²) in [7, 11) is 0. The fraction of sp³-hybridized carbons (Fsp3) is 0.182. The first-order valence-corrected chi connectivity index (χ1v) is 9.51. The van der Waals surface area contributed by atoms with Crippen molar-refractivity contribution in [1.29, 1.82) is 0 Å². The van der Waals surface area contributed by atoms with Gasteiger partial charge in [0.2, 0.25) is 5.89 Å². The molecule has 0 bridgehead atoms. The van der Waals surface area contributed by atoms with E-state index in [0.717, 1.165) is 11.1 Å². The van der Waals surface area contributed by atoms with Crippen molar-refractivity contribution in [2.24, 2.45) is 0 Å². The highest BCUT2D eigenvalue weighted by Gasteiger charge is 2.19. The molecular weight excluding hydrogens is 392 g/mol. The Morgan fingerprint density at radius 3 is 2.79 bits per heavy atom. The maximum absolute atomic E-state index is 12.5. The van der Waals surface area contributed by atoms with Gasteiger partial charge in [0, 0.05) is 5.02 Å². The molecule has 0 saturated heterocycles. The number of hydrogen-bond acceptors (Lipinski definition) is 5. The Morgan fingerprint density at radius 2 is 2.00 bits per heavy atom. The molecule has 1 unspecified atom stereocenters. The van der Waals surface area contributed by atoms with Crippen LogP contribution in [-0.4, -0.2) is 10.9 Å². The molecule has 1 amide bonds. The number of carbonyl (C=O) groups is 1. The molecule has 29 heavy (non-hydrogen) atoms. The fourth-order valence-electron chi connectivity index (χ4n) is 2.84. The lowest BCUT2D eigenvalue weighted by atomic mass is 10.2. The number of ether oxygens (including phenoxy) is 1. The van der Waals surface area contributed by atoms with Crippen LogP contribution in [0.2, 0.25) is 5.02 Å². The lowest BCUT2D eigenvalue weighted by Crippen LogP contribution is -2.26. The predicted molar refractivity (Wildman–Crippen MR) is 109 cm³/mol. The predicted octanol–water partition coefficient (Wildman–Crippen LogP) is 5.45. The van der Waals surface area contributed by atoms with Gasteiger partial charge >= 0.3 is 0 Å². The molecule has 0 saturated carbocycles. The molecule has 0 radical (unpaired) electrons. The van der Waals surface area contributed by atoms with Gasteiger partial charge in [-0.25, -0.2) is 4.98 Å². The first kappa shape index (κ1) is 19.1. The Bertz CT molecular complexity index is 1130. The summed E-state index contributed by atoms with van der Waals surface area (Å²) in [5, 5.41) is 3.51. The smallest absolute Gasteiger partial charge is 0.287 e. The van der Waals surface area contributed by atoms with E-state index < -0.39 is 6.04 Å². The van der Waals surface area contributed by atoms with E-state index >= 15 is 0 Å². The van der Waals surface area contributed by atoms with E-state index in [4.69, 9.17) is 25.2 Å². The molecule has 7 heteroatoms. The molecule has 0 aliphatic rings. The molecule has 0 aliphatic heterocycles. The fourth-order valence-corrected chi connectivity index (χ4v) is 2.96. The maximum atomic E-state index is 12.5. The largest absolute Gasteiger partial charge is 0.486 e. The molecule has 0 spiro atoms. The van der Waals surface area contributed by atoms with Crippen molar-refractivity contribution in [3.05, 3.63) is 82.6 Å². The lowest BCUT2D eigenvalue weighted by Gasteiger charge is -2.09. The Kier molecular flexibility index (Phi) is 5.27. The summed E-state index contributed by atoms with van der Waals surface area (Å²) in [6.45, 7) is 3.91. The molecule has 2 aromatic carbocycles. The highest BCUT2D eigenvalue weighted by atomic mass is 35.5. The van der Waals surface area contributed by atoms with Gasteiger partial charge in [-0.15, -0.1) is 0 Å². The number of rotatable bonds is 6. The van der Waals surface area contributed by atoms with E-state index in [9.17, 15) is 4.79 Å². The molecule has 148 valence electrons. The molecule has 0 aliphatic carbocycles. The van der Waals surface area contributed by atoms with Crippen molar-refractivity contribution >= 4 is 28.6 Å². The van der Waals surface area contributed by atoms with Crippen molar-refractivity contribution in [3.8, 4) is 5.75 Å². The SMILES string of the molecule is Cc1cc(OCc2ccc(C(=O)NC(C)c3nc4ccccc4o3)o2)ccc1Cl. The van der Waals surface area contributed by atoms with Crippen LogP contribution in [-0.2, 0) is 6.61 Å². The number of carbonyl (C=O) groups excluding carboxylic acids is 1. The number of nitrogens with one attached hydrogen (secondary N) is 1. The number of halogens is 1. The van der Waals surface area contributed by atoms with Crippen LogP contribution >= 0.6 is 11.6 Å². The van der Waals surface area contributed by atoms with Gasteiger partial charge in [0.05, 0.1) is 0 Å². The van der Waals surface area contributed by atoms with E-state index in [1.54, 1.807) is 31.2 Å². The highest BCUT2D eigenvalue weighted by Crippen LogP contribution is 2.23. The molecule has 1 N–H and O–H groups in total. The summed E-state index contributed by atoms with van der Waals surface area (Å²) >= 11 is 6.02. The Hall–Kier alpha value is -3.25. The van der Waals surface area contributed by atoms with Crippen LogP contribution in [0.25, 0.3) is 11.1 Å². The number of aryl methyl sites for hydroxylation is 1. The second kappa shape index (κ2) is 8.01. The molecule has 1 atom stereocenters. The van der Waals surface area contributed by atoms with Crippen LogP contribution < -0.4 is 10.1 Å². The number of benzene rings is 2. The van der Waals surface area contributed by atoms with Crippen molar-refractivity contribution in [3.63, 3.8) is 0 Å². The number of aromatic nitrogens is 1. The number of amides is 1. The van der Waals surface area contributed by atoms with E-state index in [-0.39, 0.29) is 18.3 Å². The van der Waals surface area contributed by atoms with Gasteiger partial charge in [0.1, 0.15) is 29.7 Å². The normalized spacial score (nSPS) is 12.1. The number of oxazole rings is 1.